The minimum atomic E-state index is -0.221. The van der Waals surface area contributed by atoms with E-state index in [2.05, 4.69) is 52.3 Å². The zero-order valence-corrected chi connectivity index (χ0v) is 10.3. The molecule has 16 heavy (non-hydrogen) atoms. The predicted molar refractivity (Wildman–Crippen MR) is 67.3 cm³/mol. The van der Waals surface area contributed by atoms with Gasteiger partial charge in [0.25, 0.3) is 0 Å². The average molecular weight is 275 g/mol. The number of rotatable bonds is 2. The van der Waals surface area contributed by atoms with E-state index in [1.54, 1.807) is 0 Å². The van der Waals surface area contributed by atoms with E-state index in [0.29, 0.717) is 0 Å². The fourth-order valence-electron chi connectivity index (χ4n) is 2.05. The van der Waals surface area contributed by atoms with Gasteiger partial charge in [-0.1, -0.05) is 64.5 Å². The fourth-order valence-corrected chi connectivity index (χ4v) is 2.65. The third kappa shape index (κ3) is 1.49. The first-order chi connectivity index (χ1) is 7.83. The molecule has 2 aromatic carbocycles. The molecule has 1 saturated heterocycles. The first-order valence-corrected chi connectivity index (χ1v) is 6.07. The van der Waals surface area contributed by atoms with E-state index in [9.17, 15) is 0 Å². The maximum Gasteiger partial charge on any atom is 0.143 e. The standard InChI is InChI=1S/C14H11BrO/c15-13-9-5-4-8-12(13)14(10-16-14)11-6-2-1-3-7-11/h1-9H,10H2. The van der Waals surface area contributed by atoms with Gasteiger partial charge in [0, 0.05) is 10.0 Å². The molecule has 0 aromatic heterocycles. The Kier molecular flexibility index (Phi) is 2.34. The number of hydrogen-bond donors (Lipinski definition) is 0. The van der Waals surface area contributed by atoms with Gasteiger partial charge in [-0.2, -0.15) is 0 Å². The minimum Gasteiger partial charge on any atom is -0.359 e. The van der Waals surface area contributed by atoms with Crippen LogP contribution < -0.4 is 0 Å². The maximum atomic E-state index is 5.72. The van der Waals surface area contributed by atoms with Crippen molar-refractivity contribution in [1.29, 1.82) is 0 Å². The Bertz CT molecular complexity index is 503. The second-order valence-electron chi connectivity index (χ2n) is 3.96. The molecule has 3 rings (SSSR count). The summed E-state index contributed by atoms with van der Waals surface area (Å²) in [6.45, 7) is 0.764. The molecule has 0 N–H and O–H groups in total. The Morgan fingerprint density at radius 3 is 2.19 bits per heavy atom. The number of hydrogen-bond acceptors (Lipinski definition) is 1. The van der Waals surface area contributed by atoms with Gasteiger partial charge in [-0.3, -0.25) is 0 Å². The third-order valence-electron chi connectivity index (χ3n) is 2.98. The predicted octanol–water partition coefficient (Wildman–Crippen LogP) is 3.72. The van der Waals surface area contributed by atoms with Gasteiger partial charge in [0.1, 0.15) is 5.60 Å². The summed E-state index contributed by atoms with van der Waals surface area (Å²) in [5.41, 5.74) is 2.21. The highest BCUT2D eigenvalue weighted by atomic mass is 79.9. The van der Waals surface area contributed by atoms with Crippen LogP contribution in [0.5, 0.6) is 0 Å². The quantitative estimate of drug-likeness (QED) is 0.761. The smallest absolute Gasteiger partial charge is 0.143 e. The van der Waals surface area contributed by atoms with Crippen molar-refractivity contribution in [2.24, 2.45) is 0 Å². The lowest BCUT2D eigenvalue weighted by Gasteiger charge is -2.14. The normalized spacial score (nSPS) is 23.1. The zero-order valence-electron chi connectivity index (χ0n) is 8.69. The third-order valence-corrected chi connectivity index (χ3v) is 3.67. The summed E-state index contributed by atoms with van der Waals surface area (Å²) < 4.78 is 6.83. The van der Waals surface area contributed by atoms with E-state index in [1.165, 1.54) is 11.1 Å². The molecule has 0 spiro atoms. The second-order valence-corrected chi connectivity index (χ2v) is 4.82. The Hall–Kier alpha value is -1.12. The molecule has 1 fully saturated rings. The van der Waals surface area contributed by atoms with Gasteiger partial charge in [-0.05, 0) is 11.6 Å². The molecule has 1 heterocycles. The fraction of sp³-hybridized carbons (Fsp3) is 0.143. The monoisotopic (exact) mass is 274 g/mol. The highest BCUT2D eigenvalue weighted by Gasteiger charge is 2.49. The molecule has 1 unspecified atom stereocenters. The number of halogens is 1. The number of epoxide rings is 1. The van der Waals surface area contributed by atoms with Crippen molar-refractivity contribution in [3.05, 3.63) is 70.2 Å². The summed E-state index contributed by atoms with van der Waals surface area (Å²) in [5, 5.41) is 0. The molecule has 1 aliphatic rings. The van der Waals surface area contributed by atoms with Crippen molar-refractivity contribution in [1.82, 2.24) is 0 Å². The Morgan fingerprint density at radius 2 is 1.56 bits per heavy atom. The summed E-state index contributed by atoms with van der Waals surface area (Å²) >= 11 is 3.59. The summed E-state index contributed by atoms with van der Waals surface area (Å²) in [6, 6.07) is 18.6. The molecule has 2 aromatic rings. The molecule has 0 saturated carbocycles. The van der Waals surface area contributed by atoms with Crippen LogP contribution in [0.4, 0.5) is 0 Å². The lowest BCUT2D eigenvalue weighted by molar-refractivity contribution is 0.348. The maximum absolute atomic E-state index is 5.72. The SMILES string of the molecule is Brc1ccccc1C1(c2ccccc2)CO1. The molecule has 1 atom stereocenters. The number of ether oxygens (including phenoxy) is 1. The second kappa shape index (κ2) is 3.72. The summed E-state index contributed by atoms with van der Waals surface area (Å²) in [5.74, 6) is 0. The first kappa shape index (κ1) is 10.1. The van der Waals surface area contributed by atoms with Crippen LogP contribution in [0.15, 0.2) is 59.1 Å². The first-order valence-electron chi connectivity index (χ1n) is 5.27. The highest BCUT2D eigenvalue weighted by molar-refractivity contribution is 9.10. The number of benzene rings is 2. The summed E-state index contributed by atoms with van der Waals surface area (Å²) in [7, 11) is 0. The van der Waals surface area contributed by atoms with E-state index in [4.69, 9.17) is 4.74 Å². The Labute approximate surface area is 103 Å². The molecule has 0 radical (unpaired) electrons. The van der Waals surface area contributed by atoms with Crippen molar-refractivity contribution in [2.45, 2.75) is 5.60 Å². The highest BCUT2D eigenvalue weighted by Crippen LogP contribution is 2.47. The van der Waals surface area contributed by atoms with E-state index in [0.717, 1.165) is 11.1 Å². The van der Waals surface area contributed by atoms with Crippen LogP contribution in [0.2, 0.25) is 0 Å². The molecule has 0 aliphatic carbocycles. The lowest BCUT2D eigenvalue weighted by atomic mass is 9.92. The van der Waals surface area contributed by atoms with Gasteiger partial charge in [0.2, 0.25) is 0 Å². The van der Waals surface area contributed by atoms with E-state index in [-0.39, 0.29) is 5.60 Å². The van der Waals surface area contributed by atoms with E-state index < -0.39 is 0 Å². The van der Waals surface area contributed by atoms with Crippen molar-refractivity contribution in [2.75, 3.05) is 6.61 Å². The van der Waals surface area contributed by atoms with Gasteiger partial charge in [-0.15, -0.1) is 0 Å². The Morgan fingerprint density at radius 1 is 0.938 bits per heavy atom. The van der Waals surface area contributed by atoms with Crippen LogP contribution in [0.1, 0.15) is 11.1 Å². The lowest BCUT2D eigenvalue weighted by Crippen LogP contribution is -2.11. The average Bonchev–Trinajstić information content (AvgIpc) is 3.12. The van der Waals surface area contributed by atoms with Crippen molar-refractivity contribution < 1.29 is 4.74 Å². The largest absolute Gasteiger partial charge is 0.359 e. The van der Waals surface area contributed by atoms with Crippen LogP contribution in [-0.2, 0) is 10.3 Å². The molecule has 80 valence electrons. The minimum absolute atomic E-state index is 0.221. The molecular weight excluding hydrogens is 264 g/mol. The van der Waals surface area contributed by atoms with Crippen LogP contribution in [0, 0.1) is 0 Å². The van der Waals surface area contributed by atoms with Crippen molar-refractivity contribution in [3.63, 3.8) is 0 Å². The van der Waals surface area contributed by atoms with E-state index >= 15 is 0 Å². The van der Waals surface area contributed by atoms with Crippen LogP contribution in [0.25, 0.3) is 0 Å². The molecule has 2 heteroatoms. The molecule has 1 aliphatic heterocycles. The van der Waals surface area contributed by atoms with Gasteiger partial charge in [0.15, 0.2) is 0 Å². The molecule has 1 nitrogen and oxygen atoms in total. The van der Waals surface area contributed by atoms with E-state index in [1.807, 2.05) is 18.2 Å². The van der Waals surface area contributed by atoms with Gasteiger partial charge >= 0.3 is 0 Å². The zero-order chi connectivity index (χ0) is 11.0. The van der Waals surface area contributed by atoms with Crippen molar-refractivity contribution in [3.8, 4) is 0 Å². The van der Waals surface area contributed by atoms with Crippen molar-refractivity contribution >= 4 is 15.9 Å². The Balaban J connectivity index is 2.11. The topological polar surface area (TPSA) is 12.5 Å². The van der Waals surface area contributed by atoms with Gasteiger partial charge < -0.3 is 4.74 Å². The summed E-state index contributed by atoms with van der Waals surface area (Å²) in [6.07, 6.45) is 0. The molecule has 0 amide bonds. The van der Waals surface area contributed by atoms with Crippen LogP contribution in [0.3, 0.4) is 0 Å². The molecular formula is C14H11BrO. The van der Waals surface area contributed by atoms with Gasteiger partial charge in [0.05, 0.1) is 6.61 Å². The van der Waals surface area contributed by atoms with Crippen LogP contribution >= 0.6 is 15.9 Å². The van der Waals surface area contributed by atoms with Gasteiger partial charge in [-0.25, -0.2) is 0 Å². The molecule has 0 bridgehead atoms. The summed E-state index contributed by atoms with van der Waals surface area (Å²) in [4.78, 5) is 0. The van der Waals surface area contributed by atoms with Crippen LogP contribution in [-0.4, -0.2) is 6.61 Å².